The molecule has 1 N–H and O–H groups in total. The number of H-pyrrole nitrogens is 1. The Morgan fingerprint density at radius 3 is 3.00 bits per heavy atom. The summed E-state index contributed by atoms with van der Waals surface area (Å²) in [6.45, 7) is 2.66. The third-order valence-electron chi connectivity index (χ3n) is 4.95. The molecule has 0 saturated heterocycles. The lowest BCUT2D eigenvalue weighted by molar-refractivity contribution is 0.661. The van der Waals surface area contributed by atoms with Gasteiger partial charge in [-0.05, 0) is 42.7 Å². The Balaban J connectivity index is 1.77. The predicted molar refractivity (Wildman–Crippen MR) is 110 cm³/mol. The third-order valence-corrected chi connectivity index (χ3v) is 5.78. The van der Waals surface area contributed by atoms with Gasteiger partial charge in [0.25, 0.3) is 0 Å². The number of aryl methyl sites for hydroxylation is 1. The Bertz CT molecular complexity index is 1270. The molecule has 5 nitrogen and oxygen atoms in total. The van der Waals surface area contributed by atoms with Crippen molar-refractivity contribution in [3.63, 3.8) is 0 Å². The molecule has 0 fully saturated rings. The summed E-state index contributed by atoms with van der Waals surface area (Å²) in [4.78, 5) is 17.0. The third kappa shape index (κ3) is 2.97. The number of hydrogen-bond donors (Lipinski definition) is 1. The van der Waals surface area contributed by atoms with Crippen LogP contribution in [0.1, 0.15) is 29.1 Å². The van der Waals surface area contributed by atoms with Gasteiger partial charge in [0.2, 0.25) is 0 Å². The van der Waals surface area contributed by atoms with Crippen molar-refractivity contribution in [2.45, 2.75) is 26.3 Å². The molecule has 1 aliphatic heterocycles. The van der Waals surface area contributed by atoms with E-state index in [0.29, 0.717) is 13.0 Å². The van der Waals surface area contributed by atoms with E-state index in [9.17, 15) is 4.39 Å². The van der Waals surface area contributed by atoms with Crippen LogP contribution in [0, 0.1) is 6.92 Å². The highest BCUT2D eigenvalue weighted by molar-refractivity contribution is 7.09. The number of fused-ring (bicyclic) bond motifs is 1. The van der Waals surface area contributed by atoms with Gasteiger partial charge < -0.3 is 9.55 Å². The summed E-state index contributed by atoms with van der Waals surface area (Å²) in [7, 11) is 0. The van der Waals surface area contributed by atoms with Gasteiger partial charge in [0.1, 0.15) is 11.6 Å². The maximum atomic E-state index is 13.5. The van der Waals surface area contributed by atoms with Crippen LogP contribution < -0.4 is 10.7 Å². The molecule has 0 saturated carbocycles. The van der Waals surface area contributed by atoms with Crippen molar-refractivity contribution >= 4 is 34.5 Å². The second kappa shape index (κ2) is 6.83. The molecule has 0 aromatic carbocycles. The number of nitrogens with one attached hydrogen (secondary N) is 1. The summed E-state index contributed by atoms with van der Waals surface area (Å²) in [6.07, 6.45) is 11.9. The molecule has 5 rings (SSSR count). The average Bonchev–Trinajstić information content (AvgIpc) is 3.42. The number of aromatic amines is 1. The maximum Gasteiger partial charge on any atom is 0.137 e. The van der Waals surface area contributed by atoms with Gasteiger partial charge in [-0.25, -0.2) is 19.4 Å². The van der Waals surface area contributed by atoms with Crippen LogP contribution in [0.2, 0.25) is 0 Å². The van der Waals surface area contributed by atoms with Crippen LogP contribution in [0.4, 0.5) is 10.2 Å². The molecule has 2 aliphatic rings. The Labute approximate surface area is 165 Å². The monoisotopic (exact) mass is 391 g/mol. The fourth-order valence-electron chi connectivity index (χ4n) is 3.68. The van der Waals surface area contributed by atoms with Crippen molar-refractivity contribution in [1.82, 2.24) is 19.5 Å². The van der Waals surface area contributed by atoms with E-state index >= 15 is 0 Å². The Kier molecular flexibility index (Phi) is 4.16. The van der Waals surface area contributed by atoms with Gasteiger partial charge in [0.05, 0.1) is 34.3 Å². The van der Waals surface area contributed by atoms with Gasteiger partial charge in [-0.15, -0.1) is 11.3 Å². The Morgan fingerprint density at radius 1 is 1.29 bits per heavy atom. The van der Waals surface area contributed by atoms with Crippen LogP contribution in [-0.2, 0) is 6.54 Å². The van der Waals surface area contributed by atoms with Gasteiger partial charge in [-0.1, -0.05) is 6.08 Å². The molecular weight excluding hydrogens is 373 g/mol. The average molecular weight is 391 g/mol. The topological polar surface area (TPSA) is 58.9 Å². The SMILES string of the molecule is Cc1nc(Cn2cnc(=C3C=CC(F)=CC3)c2=C2CC=Nc3[nH]ccc32)cs1. The van der Waals surface area contributed by atoms with E-state index < -0.39 is 0 Å². The van der Waals surface area contributed by atoms with Crippen LogP contribution in [0.25, 0.3) is 11.1 Å². The first-order valence-electron chi connectivity index (χ1n) is 9.11. The lowest BCUT2D eigenvalue weighted by Gasteiger charge is -2.11. The van der Waals surface area contributed by atoms with Crippen LogP contribution in [0.15, 0.2) is 53.0 Å². The number of allylic oxidation sites excluding steroid dienone is 4. The standard InChI is InChI=1S/C21H18FN5S/c1-13-26-16(11-28-13)10-27-12-25-19(14-2-4-15(22)5-3-14)20(27)17-6-8-23-21-18(17)7-9-24-21/h2,4-5,7-9,11-12,24H,3,6,10H2,1H3. The smallest absolute Gasteiger partial charge is 0.137 e. The number of thiazole rings is 1. The highest BCUT2D eigenvalue weighted by Gasteiger charge is 2.17. The van der Waals surface area contributed by atoms with Crippen molar-refractivity contribution in [1.29, 1.82) is 0 Å². The van der Waals surface area contributed by atoms with E-state index in [1.807, 2.05) is 31.7 Å². The molecule has 3 aromatic heterocycles. The highest BCUT2D eigenvalue weighted by Crippen LogP contribution is 2.28. The fraction of sp³-hybridized carbons (Fsp3) is 0.190. The predicted octanol–water partition coefficient (Wildman–Crippen LogP) is 3.29. The Hall–Kier alpha value is -3.06. The van der Waals surface area contributed by atoms with Crippen molar-refractivity contribution in [2.75, 3.05) is 0 Å². The number of rotatable bonds is 2. The molecule has 0 spiro atoms. The van der Waals surface area contributed by atoms with Crippen LogP contribution in [0.3, 0.4) is 0 Å². The lowest BCUT2D eigenvalue weighted by Crippen LogP contribution is -2.35. The summed E-state index contributed by atoms with van der Waals surface area (Å²) >= 11 is 1.65. The zero-order chi connectivity index (χ0) is 19.1. The molecular formula is C21H18FN5S. The maximum absolute atomic E-state index is 13.5. The first-order valence-corrected chi connectivity index (χ1v) is 9.99. The minimum absolute atomic E-state index is 0.201. The molecule has 0 radical (unpaired) electrons. The number of imidazole rings is 1. The summed E-state index contributed by atoms with van der Waals surface area (Å²) in [5.74, 6) is 0.660. The first kappa shape index (κ1) is 17.1. The minimum Gasteiger partial charge on any atom is -0.346 e. The van der Waals surface area contributed by atoms with E-state index in [0.717, 1.165) is 44.8 Å². The molecule has 28 heavy (non-hydrogen) atoms. The van der Waals surface area contributed by atoms with Crippen molar-refractivity contribution in [2.24, 2.45) is 4.99 Å². The first-order chi connectivity index (χ1) is 13.7. The zero-order valence-electron chi connectivity index (χ0n) is 15.3. The molecule has 1 aliphatic carbocycles. The number of halogens is 1. The van der Waals surface area contributed by atoms with E-state index in [4.69, 9.17) is 4.98 Å². The van der Waals surface area contributed by atoms with Crippen molar-refractivity contribution in [3.05, 3.63) is 75.0 Å². The van der Waals surface area contributed by atoms with E-state index in [1.54, 1.807) is 17.4 Å². The largest absolute Gasteiger partial charge is 0.346 e. The van der Waals surface area contributed by atoms with Gasteiger partial charge in [-0.3, -0.25) is 0 Å². The normalized spacial score (nSPS) is 19.7. The van der Waals surface area contributed by atoms with Crippen LogP contribution in [-0.4, -0.2) is 25.7 Å². The highest BCUT2D eigenvalue weighted by atomic mass is 32.1. The number of aromatic nitrogens is 4. The van der Waals surface area contributed by atoms with Crippen molar-refractivity contribution < 1.29 is 4.39 Å². The van der Waals surface area contributed by atoms with Crippen LogP contribution >= 0.6 is 11.3 Å². The molecule has 0 bridgehead atoms. The van der Waals surface area contributed by atoms with Gasteiger partial charge >= 0.3 is 0 Å². The van der Waals surface area contributed by atoms with E-state index in [-0.39, 0.29) is 5.83 Å². The number of hydrogen-bond acceptors (Lipinski definition) is 4. The van der Waals surface area contributed by atoms with E-state index in [2.05, 4.69) is 31.0 Å². The zero-order valence-corrected chi connectivity index (χ0v) is 16.1. The van der Waals surface area contributed by atoms with E-state index in [1.165, 1.54) is 11.6 Å². The summed E-state index contributed by atoms with van der Waals surface area (Å²) in [5.41, 5.74) is 4.28. The number of nitrogens with zero attached hydrogens (tertiary/aromatic N) is 4. The summed E-state index contributed by atoms with van der Waals surface area (Å²) in [6, 6.07) is 2.05. The molecule has 140 valence electrons. The van der Waals surface area contributed by atoms with Crippen LogP contribution in [0.5, 0.6) is 0 Å². The summed E-state index contributed by atoms with van der Waals surface area (Å²) in [5, 5.41) is 5.07. The molecule has 4 heterocycles. The lowest BCUT2D eigenvalue weighted by atomic mass is 10.0. The Morgan fingerprint density at radius 2 is 2.21 bits per heavy atom. The quantitative estimate of drug-likeness (QED) is 0.729. The fourth-order valence-corrected chi connectivity index (χ4v) is 4.29. The van der Waals surface area contributed by atoms with Gasteiger partial charge in [0, 0.05) is 29.8 Å². The second-order valence-electron chi connectivity index (χ2n) is 6.81. The molecule has 0 amide bonds. The molecule has 7 heteroatoms. The van der Waals surface area contributed by atoms with Gasteiger partial charge in [0.15, 0.2) is 0 Å². The summed E-state index contributed by atoms with van der Waals surface area (Å²) < 4.78 is 15.6. The van der Waals surface area contributed by atoms with Gasteiger partial charge in [-0.2, -0.15) is 0 Å². The minimum atomic E-state index is -0.201. The molecule has 0 unspecified atom stereocenters. The molecule has 0 atom stereocenters. The van der Waals surface area contributed by atoms with Crippen molar-refractivity contribution in [3.8, 4) is 0 Å². The second-order valence-corrected chi connectivity index (χ2v) is 7.88. The molecule has 3 aromatic rings. The number of aliphatic imine (C=N–C) groups is 1.